The molecular weight excluding hydrogens is 252 g/mol. The number of fused-ring (bicyclic) bond motifs is 3. The molecule has 0 fully saturated rings. The van der Waals surface area contributed by atoms with Crippen LogP contribution in [-0.4, -0.2) is 11.5 Å². The third-order valence-corrected chi connectivity index (χ3v) is 3.83. The summed E-state index contributed by atoms with van der Waals surface area (Å²) in [6.07, 6.45) is 2.35. The molecule has 1 atom stereocenters. The van der Waals surface area contributed by atoms with Crippen LogP contribution in [0.5, 0.6) is 0 Å². The molecule has 3 N–H and O–H groups in total. The van der Waals surface area contributed by atoms with Gasteiger partial charge in [0.05, 0.1) is 0 Å². The summed E-state index contributed by atoms with van der Waals surface area (Å²) in [5.41, 5.74) is 9.85. The number of nitrogens with one attached hydrogen (secondary N) is 1. The van der Waals surface area contributed by atoms with Gasteiger partial charge in [0.15, 0.2) is 0 Å². The van der Waals surface area contributed by atoms with Gasteiger partial charge in [0.25, 0.3) is 0 Å². The standard InChI is InChI=1S/C12H13BrN2/c13-8-2-4-11-10(5-8)9-3-1-7(6-14)12(9)15-11/h2,4-5,7,15H,1,3,6,14H2. The number of aryl methyl sites for hydroxylation is 1. The fraction of sp³-hybridized carbons (Fsp3) is 0.333. The molecule has 2 aromatic rings. The fourth-order valence-electron chi connectivity index (χ4n) is 2.56. The molecule has 0 bridgehead atoms. The number of halogens is 1. The summed E-state index contributed by atoms with van der Waals surface area (Å²) in [6, 6.07) is 6.40. The summed E-state index contributed by atoms with van der Waals surface area (Å²) >= 11 is 3.52. The maximum Gasteiger partial charge on any atom is 0.0459 e. The van der Waals surface area contributed by atoms with Gasteiger partial charge in [-0.15, -0.1) is 0 Å². The summed E-state index contributed by atoms with van der Waals surface area (Å²) in [4.78, 5) is 3.50. The zero-order valence-corrected chi connectivity index (χ0v) is 9.97. The van der Waals surface area contributed by atoms with Crippen LogP contribution in [0.25, 0.3) is 10.9 Å². The highest BCUT2D eigenvalue weighted by Gasteiger charge is 2.25. The molecule has 2 nitrogen and oxygen atoms in total. The fourth-order valence-corrected chi connectivity index (χ4v) is 2.92. The van der Waals surface area contributed by atoms with Crippen molar-refractivity contribution in [1.29, 1.82) is 0 Å². The predicted octanol–water partition coefficient (Wildman–Crippen LogP) is 2.92. The topological polar surface area (TPSA) is 41.8 Å². The van der Waals surface area contributed by atoms with Crippen LogP contribution in [0.2, 0.25) is 0 Å². The molecule has 0 amide bonds. The Hall–Kier alpha value is -0.800. The van der Waals surface area contributed by atoms with Gasteiger partial charge in [0.1, 0.15) is 0 Å². The minimum atomic E-state index is 0.533. The van der Waals surface area contributed by atoms with Gasteiger partial charge in [-0.3, -0.25) is 0 Å². The molecular formula is C12H13BrN2. The third kappa shape index (κ3) is 1.34. The lowest BCUT2D eigenvalue weighted by molar-refractivity contribution is 0.675. The Morgan fingerprint density at radius 3 is 3.13 bits per heavy atom. The Kier molecular flexibility index (Phi) is 2.11. The highest BCUT2D eigenvalue weighted by atomic mass is 79.9. The van der Waals surface area contributed by atoms with Crippen molar-refractivity contribution in [1.82, 2.24) is 4.98 Å². The summed E-state index contributed by atoms with van der Waals surface area (Å²) in [5.74, 6) is 0.533. The van der Waals surface area contributed by atoms with Crippen molar-refractivity contribution in [3.63, 3.8) is 0 Å². The Balaban J connectivity index is 2.26. The number of H-pyrrole nitrogens is 1. The monoisotopic (exact) mass is 264 g/mol. The first-order valence-corrected chi connectivity index (χ1v) is 6.09. The molecule has 1 aromatic carbocycles. The van der Waals surface area contributed by atoms with Gasteiger partial charge in [0.2, 0.25) is 0 Å². The molecule has 0 saturated heterocycles. The summed E-state index contributed by atoms with van der Waals surface area (Å²) in [7, 11) is 0. The SMILES string of the molecule is NCC1CCc2c1[nH]c1ccc(Br)cc21. The van der Waals surface area contributed by atoms with E-state index in [0.29, 0.717) is 5.92 Å². The Labute approximate surface area is 97.0 Å². The quantitative estimate of drug-likeness (QED) is 0.817. The van der Waals surface area contributed by atoms with Crippen molar-refractivity contribution in [2.75, 3.05) is 6.54 Å². The molecule has 1 heterocycles. The molecule has 15 heavy (non-hydrogen) atoms. The molecule has 0 aliphatic heterocycles. The van der Waals surface area contributed by atoms with E-state index in [2.05, 4.69) is 39.1 Å². The molecule has 1 aromatic heterocycles. The van der Waals surface area contributed by atoms with Crippen LogP contribution in [0.3, 0.4) is 0 Å². The summed E-state index contributed by atoms with van der Waals surface area (Å²) < 4.78 is 1.15. The number of hydrogen-bond donors (Lipinski definition) is 2. The summed E-state index contributed by atoms with van der Waals surface area (Å²) in [6.45, 7) is 0.751. The van der Waals surface area contributed by atoms with Crippen molar-refractivity contribution in [3.05, 3.63) is 33.9 Å². The van der Waals surface area contributed by atoms with Crippen LogP contribution in [0.15, 0.2) is 22.7 Å². The number of nitrogens with two attached hydrogens (primary N) is 1. The van der Waals surface area contributed by atoms with Crippen LogP contribution < -0.4 is 5.73 Å². The number of aromatic nitrogens is 1. The second-order valence-corrected chi connectivity index (χ2v) is 5.09. The Morgan fingerprint density at radius 2 is 2.33 bits per heavy atom. The minimum Gasteiger partial charge on any atom is -0.358 e. The lowest BCUT2D eigenvalue weighted by Gasteiger charge is -2.04. The van der Waals surface area contributed by atoms with Crippen LogP contribution in [-0.2, 0) is 6.42 Å². The maximum atomic E-state index is 5.77. The highest BCUT2D eigenvalue weighted by molar-refractivity contribution is 9.10. The van der Waals surface area contributed by atoms with E-state index in [0.717, 1.165) is 17.4 Å². The average Bonchev–Trinajstić information content (AvgIpc) is 2.76. The number of rotatable bonds is 1. The Morgan fingerprint density at radius 1 is 1.47 bits per heavy atom. The van der Waals surface area contributed by atoms with Crippen molar-refractivity contribution in [3.8, 4) is 0 Å². The van der Waals surface area contributed by atoms with E-state index in [1.54, 1.807) is 0 Å². The zero-order valence-electron chi connectivity index (χ0n) is 8.39. The van der Waals surface area contributed by atoms with Gasteiger partial charge >= 0.3 is 0 Å². The van der Waals surface area contributed by atoms with E-state index < -0.39 is 0 Å². The van der Waals surface area contributed by atoms with Gasteiger partial charge in [-0.2, -0.15) is 0 Å². The number of hydrogen-bond acceptors (Lipinski definition) is 1. The third-order valence-electron chi connectivity index (χ3n) is 3.34. The second kappa shape index (κ2) is 3.35. The summed E-state index contributed by atoms with van der Waals surface area (Å²) in [5, 5.41) is 1.36. The van der Waals surface area contributed by atoms with Gasteiger partial charge in [0, 0.05) is 33.5 Å². The first-order chi connectivity index (χ1) is 7.29. The smallest absolute Gasteiger partial charge is 0.0459 e. The lowest BCUT2D eigenvalue weighted by atomic mass is 10.1. The van der Waals surface area contributed by atoms with Gasteiger partial charge in [-0.25, -0.2) is 0 Å². The molecule has 1 aliphatic rings. The van der Waals surface area contributed by atoms with Crippen molar-refractivity contribution in [2.24, 2.45) is 5.73 Å². The molecule has 1 unspecified atom stereocenters. The van der Waals surface area contributed by atoms with E-state index in [-0.39, 0.29) is 0 Å². The normalized spacial score (nSPS) is 19.7. The lowest BCUT2D eigenvalue weighted by Crippen LogP contribution is -2.09. The largest absolute Gasteiger partial charge is 0.358 e. The molecule has 0 saturated carbocycles. The predicted molar refractivity (Wildman–Crippen MR) is 66.1 cm³/mol. The van der Waals surface area contributed by atoms with E-state index in [4.69, 9.17) is 5.73 Å². The number of aromatic amines is 1. The van der Waals surface area contributed by atoms with Crippen molar-refractivity contribution < 1.29 is 0 Å². The van der Waals surface area contributed by atoms with Crippen LogP contribution in [0.1, 0.15) is 23.6 Å². The van der Waals surface area contributed by atoms with E-state index in [1.807, 2.05) is 0 Å². The van der Waals surface area contributed by atoms with E-state index >= 15 is 0 Å². The van der Waals surface area contributed by atoms with Gasteiger partial charge in [-0.05, 0) is 36.6 Å². The van der Waals surface area contributed by atoms with Gasteiger partial charge in [-0.1, -0.05) is 15.9 Å². The van der Waals surface area contributed by atoms with Crippen molar-refractivity contribution >= 4 is 26.8 Å². The molecule has 3 heteroatoms. The average molecular weight is 265 g/mol. The van der Waals surface area contributed by atoms with E-state index in [1.165, 1.54) is 28.6 Å². The first kappa shape index (κ1) is 9.43. The molecule has 78 valence electrons. The zero-order chi connectivity index (χ0) is 10.4. The van der Waals surface area contributed by atoms with Crippen LogP contribution in [0, 0.1) is 0 Å². The van der Waals surface area contributed by atoms with Crippen molar-refractivity contribution in [2.45, 2.75) is 18.8 Å². The van der Waals surface area contributed by atoms with Crippen LogP contribution in [0.4, 0.5) is 0 Å². The molecule has 0 spiro atoms. The van der Waals surface area contributed by atoms with Crippen LogP contribution >= 0.6 is 15.9 Å². The maximum absolute atomic E-state index is 5.77. The molecule has 3 rings (SSSR count). The molecule has 1 aliphatic carbocycles. The second-order valence-electron chi connectivity index (χ2n) is 4.18. The number of benzene rings is 1. The minimum absolute atomic E-state index is 0.533. The highest BCUT2D eigenvalue weighted by Crippen LogP contribution is 2.37. The Bertz CT molecular complexity index is 516. The first-order valence-electron chi connectivity index (χ1n) is 5.29. The van der Waals surface area contributed by atoms with Gasteiger partial charge < -0.3 is 10.7 Å². The molecule has 0 radical (unpaired) electrons. The van der Waals surface area contributed by atoms with E-state index in [9.17, 15) is 0 Å².